The third-order valence-corrected chi connectivity index (χ3v) is 0.749. The molecule has 1 heterocycles. The molecule has 42 valence electrons. The van der Waals surface area contributed by atoms with Crippen LogP contribution in [0.5, 0.6) is 0 Å². The van der Waals surface area contributed by atoms with Crippen molar-refractivity contribution in [2.24, 2.45) is 0 Å². The van der Waals surface area contributed by atoms with E-state index in [1.807, 2.05) is 0 Å². The molecule has 0 aliphatic heterocycles. The topological polar surface area (TPSA) is 12.9 Å². The first-order valence-corrected chi connectivity index (χ1v) is 2.19. The Morgan fingerprint density at radius 1 is 1.38 bits per heavy atom. The highest BCUT2D eigenvalue weighted by Gasteiger charge is 1.82. The smallest absolute Gasteiger partial charge is 0.0375 e. The van der Waals surface area contributed by atoms with Crippen LogP contribution in [0.1, 0.15) is 19.6 Å². The van der Waals surface area contributed by atoms with E-state index in [2.05, 4.69) is 4.98 Å². The fourth-order valence-corrected chi connectivity index (χ4v) is 0.435. The second-order valence-electron chi connectivity index (χ2n) is 1.41. The van der Waals surface area contributed by atoms with Gasteiger partial charge in [0.2, 0.25) is 0 Å². The van der Waals surface area contributed by atoms with E-state index in [9.17, 15) is 0 Å². The van der Waals surface area contributed by atoms with Gasteiger partial charge in [0, 0.05) is 19.6 Å². The van der Waals surface area contributed by atoms with E-state index in [-0.39, 0.29) is 11.4 Å². The van der Waals surface area contributed by atoms with Gasteiger partial charge in [-0.2, -0.15) is 0 Å². The number of aryl methyl sites for hydroxylation is 2. The highest BCUT2D eigenvalue weighted by Crippen LogP contribution is 1.93. The zero-order chi connectivity index (χ0) is 11.0. The molecule has 1 aromatic heterocycles. The number of aromatic nitrogens is 1. The van der Waals surface area contributed by atoms with Gasteiger partial charge in [-0.05, 0) is 25.8 Å². The summed E-state index contributed by atoms with van der Waals surface area (Å²) in [4.78, 5) is 3.59. The molecule has 1 heteroatoms. The van der Waals surface area contributed by atoms with Crippen molar-refractivity contribution in [1.82, 2.24) is 4.98 Å². The highest BCUT2D eigenvalue weighted by molar-refractivity contribution is 5.07. The standard InChI is InChI=1S/C7H9N/c1-6-4-3-5-7(2)8-6/h3-5H,1-2H3/i1D3,2D3. The molecule has 1 rings (SSSR count). The fourth-order valence-electron chi connectivity index (χ4n) is 0.435. The molecule has 0 unspecified atom stereocenters. The first-order valence-electron chi connectivity index (χ1n) is 5.19. The minimum Gasteiger partial charge on any atom is -0.258 e. The Labute approximate surface area is 57.8 Å². The maximum atomic E-state index is 7.06. The average molecular weight is 113 g/mol. The van der Waals surface area contributed by atoms with E-state index in [0.717, 1.165) is 0 Å². The van der Waals surface area contributed by atoms with Crippen molar-refractivity contribution in [3.8, 4) is 0 Å². The van der Waals surface area contributed by atoms with Crippen LogP contribution >= 0.6 is 0 Å². The second-order valence-corrected chi connectivity index (χ2v) is 1.41. The Balaban J connectivity index is 3.15. The van der Waals surface area contributed by atoms with Gasteiger partial charge in [-0.15, -0.1) is 0 Å². The van der Waals surface area contributed by atoms with E-state index >= 15 is 0 Å². The summed E-state index contributed by atoms with van der Waals surface area (Å²) in [6.07, 6.45) is 0. The van der Waals surface area contributed by atoms with Crippen molar-refractivity contribution < 1.29 is 8.22 Å². The zero-order valence-corrected chi connectivity index (χ0v) is 4.18. The quantitative estimate of drug-likeness (QED) is 0.499. The Kier molecular flexibility index (Phi) is 0.381. The summed E-state index contributed by atoms with van der Waals surface area (Å²) in [7, 11) is 0. The lowest BCUT2D eigenvalue weighted by molar-refractivity contribution is 1.12. The van der Waals surface area contributed by atoms with E-state index < -0.39 is 13.7 Å². The molecular weight excluding hydrogens is 98.1 g/mol. The van der Waals surface area contributed by atoms with E-state index in [4.69, 9.17) is 8.22 Å². The third-order valence-electron chi connectivity index (χ3n) is 0.749. The molecule has 0 aliphatic rings. The molecule has 8 heavy (non-hydrogen) atoms. The van der Waals surface area contributed by atoms with Crippen LogP contribution in [0.15, 0.2) is 18.2 Å². The van der Waals surface area contributed by atoms with E-state index in [1.54, 1.807) is 0 Å². The Hall–Kier alpha value is -0.850. The van der Waals surface area contributed by atoms with Crippen LogP contribution < -0.4 is 0 Å². The summed E-state index contributed by atoms with van der Waals surface area (Å²) in [6, 6.07) is 3.97. The summed E-state index contributed by atoms with van der Waals surface area (Å²) >= 11 is 0. The van der Waals surface area contributed by atoms with Crippen molar-refractivity contribution >= 4 is 0 Å². The van der Waals surface area contributed by atoms with Crippen LogP contribution in [0.3, 0.4) is 0 Å². The maximum absolute atomic E-state index is 7.06. The Morgan fingerprint density at radius 3 is 2.50 bits per heavy atom. The molecule has 0 aromatic carbocycles. The van der Waals surface area contributed by atoms with Crippen LogP contribution in [-0.4, -0.2) is 4.98 Å². The van der Waals surface area contributed by atoms with Gasteiger partial charge in [0.15, 0.2) is 0 Å². The first-order chi connectivity index (χ1) is 6.21. The Morgan fingerprint density at radius 2 is 2.00 bits per heavy atom. The summed E-state index contributed by atoms with van der Waals surface area (Å²) in [5.74, 6) is 0. The van der Waals surface area contributed by atoms with Gasteiger partial charge < -0.3 is 0 Å². The van der Waals surface area contributed by atoms with Gasteiger partial charge in [-0.1, -0.05) is 6.07 Å². The van der Waals surface area contributed by atoms with Gasteiger partial charge >= 0.3 is 0 Å². The van der Waals surface area contributed by atoms with Crippen LogP contribution in [-0.2, 0) is 0 Å². The van der Waals surface area contributed by atoms with Gasteiger partial charge in [-0.3, -0.25) is 4.98 Å². The van der Waals surface area contributed by atoms with Gasteiger partial charge in [-0.25, -0.2) is 0 Å². The molecule has 0 aliphatic carbocycles. The molecule has 0 saturated heterocycles. The summed E-state index contributed by atoms with van der Waals surface area (Å²) in [6.45, 7) is -4.72. The van der Waals surface area contributed by atoms with Crippen molar-refractivity contribution in [2.75, 3.05) is 0 Å². The largest absolute Gasteiger partial charge is 0.258 e. The van der Waals surface area contributed by atoms with Crippen LogP contribution in [0.25, 0.3) is 0 Å². The molecule has 0 bridgehead atoms. The molecule has 0 amide bonds. The molecule has 0 atom stereocenters. The van der Waals surface area contributed by atoms with Crippen molar-refractivity contribution in [3.05, 3.63) is 29.6 Å². The molecular formula is C7H9N. The normalized spacial score (nSPS) is 23.5. The second kappa shape index (κ2) is 1.95. The third kappa shape index (κ3) is 1.06. The predicted molar refractivity (Wildman–Crippen MR) is 33.7 cm³/mol. The Bertz CT molecular complexity index is 296. The molecule has 1 aromatic rings. The number of nitrogens with zero attached hydrogens (tertiary/aromatic N) is 1. The molecule has 1 nitrogen and oxygen atoms in total. The number of rotatable bonds is 0. The maximum Gasteiger partial charge on any atom is 0.0375 e. The van der Waals surface area contributed by atoms with Crippen LogP contribution in [0.4, 0.5) is 0 Å². The monoisotopic (exact) mass is 113 g/mol. The molecule has 0 radical (unpaired) electrons. The van der Waals surface area contributed by atoms with Gasteiger partial charge in [0.25, 0.3) is 0 Å². The molecule has 0 fully saturated rings. The SMILES string of the molecule is [2H]C([2H])([2H])c1cccc(C([2H])([2H])[2H])n1. The van der Waals surface area contributed by atoms with E-state index in [0.29, 0.717) is 0 Å². The van der Waals surface area contributed by atoms with E-state index in [1.165, 1.54) is 18.2 Å². The molecule has 0 saturated carbocycles. The lowest BCUT2D eigenvalue weighted by atomic mass is 10.3. The van der Waals surface area contributed by atoms with Crippen molar-refractivity contribution in [3.63, 3.8) is 0 Å². The van der Waals surface area contributed by atoms with Crippen LogP contribution in [0.2, 0.25) is 0 Å². The first kappa shape index (κ1) is 1.56. The molecule has 0 spiro atoms. The predicted octanol–water partition coefficient (Wildman–Crippen LogP) is 1.70. The van der Waals surface area contributed by atoms with Gasteiger partial charge in [0.05, 0.1) is 0 Å². The average Bonchev–Trinajstić information content (AvgIpc) is 2.01. The summed E-state index contributed by atoms with van der Waals surface area (Å²) in [5, 5.41) is 0. The highest BCUT2D eigenvalue weighted by atomic mass is 14.7. The lowest BCUT2D eigenvalue weighted by Gasteiger charge is -1.90. The minimum atomic E-state index is -2.36. The zero-order valence-electron chi connectivity index (χ0n) is 10.2. The van der Waals surface area contributed by atoms with Crippen molar-refractivity contribution in [2.45, 2.75) is 13.7 Å². The van der Waals surface area contributed by atoms with Crippen LogP contribution in [0, 0.1) is 13.7 Å². The molecule has 0 N–H and O–H groups in total. The number of hydrogen-bond acceptors (Lipinski definition) is 1. The number of pyridine rings is 1. The number of hydrogen-bond donors (Lipinski definition) is 0. The fraction of sp³-hybridized carbons (Fsp3) is 0.286. The van der Waals surface area contributed by atoms with Gasteiger partial charge in [0.1, 0.15) is 0 Å². The van der Waals surface area contributed by atoms with Crippen molar-refractivity contribution in [1.29, 1.82) is 0 Å². The summed E-state index contributed by atoms with van der Waals surface area (Å²) < 4.78 is 42.4. The minimum absolute atomic E-state index is 0.189. The lowest BCUT2D eigenvalue weighted by Crippen LogP contribution is -1.81. The summed E-state index contributed by atoms with van der Waals surface area (Å²) in [5.41, 5.74) is -0.378.